The van der Waals surface area contributed by atoms with Gasteiger partial charge in [-0.2, -0.15) is 4.31 Å². The van der Waals surface area contributed by atoms with Crippen LogP contribution in [0, 0.1) is 5.92 Å². The highest BCUT2D eigenvalue weighted by atomic mass is 32.2. The van der Waals surface area contributed by atoms with Crippen molar-refractivity contribution in [3.05, 3.63) is 84.1 Å². The quantitative estimate of drug-likeness (QED) is 0.332. The summed E-state index contributed by atoms with van der Waals surface area (Å²) in [4.78, 5) is 16.3. The van der Waals surface area contributed by atoms with Crippen molar-refractivity contribution in [3.63, 3.8) is 0 Å². The van der Waals surface area contributed by atoms with Crippen LogP contribution in [0.1, 0.15) is 29.9 Å². The molecule has 1 aliphatic heterocycles. The molecule has 0 fully saturated rings. The molecule has 0 aliphatic carbocycles. The monoisotopic (exact) mass is 605 g/mol. The molecule has 2 heterocycles. The lowest BCUT2D eigenvalue weighted by atomic mass is 9.96. The van der Waals surface area contributed by atoms with E-state index in [1.165, 1.54) is 30.6 Å². The Morgan fingerprint density at radius 1 is 1.07 bits per heavy atom. The second-order valence-corrected chi connectivity index (χ2v) is 13.3. The molecule has 1 N–H and O–H groups in total. The smallest absolute Gasteiger partial charge is 0.271 e. The molecule has 0 saturated carbocycles. The van der Waals surface area contributed by atoms with Crippen LogP contribution in [0.2, 0.25) is 0 Å². The van der Waals surface area contributed by atoms with E-state index in [2.05, 4.69) is 0 Å². The molecule has 228 valence electrons. The Labute approximate surface area is 253 Å². The molecule has 0 saturated heterocycles. The van der Waals surface area contributed by atoms with Crippen LogP contribution in [0.25, 0.3) is 22.0 Å². The van der Waals surface area contributed by atoms with Gasteiger partial charge in [-0.3, -0.25) is 4.79 Å². The molecule has 9 nitrogen and oxygen atoms in total. The Morgan fingerprint density at radius 2 is 1.74 bits per heavy atom. The number of para-hydroxylation sites is 1. The van der Waals surface area contributed by atoms with E-state index in [0.717, 1.165) is 27.6 Å². The molecule has 1 aromatic heterocycles. The standard InChI is InChI=1S/C33H39N3O6S/c1-22-18-36(23(2)20-37)33(38)32-31(28-12-8-9-13-29(28)35(32)4)27-11-7-6-10-24(27)21-42-30(22)19-34(3)43(39,40)26-16-14-25(41-5)15-17-26/h6-17,22-23,30,37H,18-21H2,1-5H3/t22-,23-,30-/m1/s1. The predicted octanol–water partition coefficient (Wildman–Crippen LogP) is 4.53. The minimum atomic E-state index is -3.83. The molecule has 43 heavy (non-hydrogen) atoms. The van der Waals surface area contributed by atoms with E-state index < -0.39 is 22.2 Å². The topological polar surface area (TPSA) is 101 Å². The van der Waals surface area contributed by atoms with Crippen LogP contribution in [0.3, 0.4) is 0 Å². The molecule has 10 heteroatoms. The molecule has 3 atom stereocenters. The number of aliphatic hydroxyl groups is 1. The van der Waals surface area contributed by atoms with Crippen molar-refractivity contribution >= 4 is 26.8 Å². The number of carbonyl (C=O) groups is 1. The van der Waals surface area contributed by atoms with Crippen LogP contribution in [-0.2, 0) is 28.4 Å². The largest absolute Gasteiger partial charge is 0.497 e. The van der Waals surface area contributed by atoms with Crippen molar-refractivity contribution in [2.24, 2.45) is 13.0 Å². The summed E-state index contributed by atoms with van der Waals surface area (Å²) in [6, 6.07) is 21.6. The van der Waals surface area contributed by atoms with Crippen LogP contribution in [0.15, 0.2) is 77.7 Å². The Balaban J connectivity index is 1.58. The summed E-state index contributed by atoms with van der Waals surface area (Å²) in [7, 11) is 1.13. The van der Waals surface area contributed by atoms with Crippen LogP contribution >= 0.6 is 0 Å². The zero-order chi connectivity index (χ0) is 30.9. The van der Waals surface area contributed by atoms with Gasteiger partial charge in [-0.1, -0.05) is 49.4 Å². The van der Waals surface area contributed by atoms with Gasteiger partial charge in [0.25, 0.3) is 5.91 Å². The zero-order valence-corrected chi connectivity index (χ0v) is 26.0. The van der Waals surface area contributed by atoms with Crippen LogP contribution < -0.4 is 4.74 Å². The third-order valence-corrected chi connectivity index (χ3v) is 10.3. The van der Waals surface area contributed by atoms with E-state index in [4.69, 9.17) is 9.47 Å². The summed E-state index contributed by atoms with van der Waals surface area (Å²) < 4.78 is 42.0. The third-order valence-electron chi connectivity index (χ3n) is 8.43. The fraction of sp³-hybridized carbons (Fsp3) is 0.364. The number of amides is 1. The van der Waals surface area contributed by atoms with Crippen molar-refractivity contribution in [1.82, 2.24) is 13.8 Å². The maximum absolute atomic E-state index is 14.5. The number of aryl methyl sites for hydroxylation is 1. The first-order valence-corrected chi connectivity index (χ1v) is 15.8. The third kappa shape index (κ3) is 5.80. The summed E-state index contributed by atoms with van der Waals surface area (Å²) >= 11 is 0. The molecule has 3 aromatic carbocycles. The van der Waals surface area contributed by atoms with Gasteiger partial charge in [0.05, 0.1) is 37.4 Å². The molecular weight excluding hydrogens is 566 g/mol. The summed E-state index contributed by atoms with van der Waals surface area (Å²) in [5, 5.41) is 11.2. The Hall–Kier alpha value is -3.70. The summed E-state index contributed by atoms with van der Waals surface area (Å²) in [5.41, 5.74) is 4.07. The van der Waals surface area contributed by atoms with E-state index in [1.54, 1.807) is 17.0 Å². The number of nitrogens with zero attached hydrogens (tertiary/aromatic N) is 3. The lowest BCUT2D eigenvalue weighted by Crippen LogP contribution is -2.48. The van der Waals surface area contributed by atoms with E-state index in [-0.39, 0.29) is 43.0 Å². The molecule has 1 amide bonds. The SMILES string of the molecule is COc1ccc(S(=O)(=O)N(C)C[C@H]2OCc3ccccc3-c3c(n(C)c4ccccc34)C(=O)N([C@H](C)CO)C[C@H]2C)cc1. The molecule has 0 spiro atoms. The number of benzene rings is 3. The van der Waals surface area contributed by atoms with Crippen molar-refractivity contribution in [1.29, 1.82) is 0 Å². The van der Waals surface area contributed by atoms with E-state index >= 15 is 0 Å². The summed E-state index contributed by atoms with van der Waals surface area (Å²) in [5.74, 6) is 0.101. The fourth-order valence-electron chi connectivity index (χ4n) is 5.80. The fourth-order valence-corrected chi connectivity index (χ4v) is 6.99. The maximum Gasteiger partial charge on any atom is 0.271 e. The number of hydrogen-bond acceptors (Lipinski definition) is 6. The number of rotatable bonds is 7. The first-order valence-electron chi connectivity index (χ1n) is 14.4. The molecule has 0 radical (unpaired) electrons. The van der Waals surface area contributed by atoms with Crippen molar-refractivity contribution < 1.29 is 27.8 Å². The molecule has 4 aromatic rings. The van der Waals surface area contributed by atoms with Gasteiger partial charge >= 0.3 is 0 Å². The van der Waals surface area contributed by atoms with Crippen LogP contribution in [0.4, 0.5) is 0 Å². The highest BCUT2D eigenvalue weighted by molar-refractivity contribution is 7.89. The van der Waals surface area contributed by atoms with Gasteiger partial charge in [-0.05, 0) is 48.4 Å². The molecule has 0 bridgehead atoms. The number of methoxy groups -OCH3 is 1. The first kappa shape index (κ1) is 30.7. The second kappa shape index (κ2) is 12.5. The van der Waals surface area contributed by atoms with Gasteiger partial charge in [0.15, 0.2) is 0 Å². The Bertz CT molecular complexity index is 1720. The van der Waals surface area contributed by atoms with Gasteiger partial charge in [-0.25, -0.2) is 8.42 Å². The van der Waals surface area contributed by atoms with Gasteiger partial charge < -0.3 is 24.0 Å². The molecule has 5 rings (SSSR count). The van der Waals surface area contributed by atoms with Crippen molar-refractivity contribution in [2.75, 3.05) is 33.9 Å². The Kier molecular flexibility index (Phi) is 8.94. The van der Waals surface area contributed by atoms with Gasteiger partial charge in [0.1, 0.15) is 11.4 Å². The van der Waals surface area contributed by atoms with Gasteiger partial charge in [0, 0.05) is 49.6 Å². The van der Waals surface area contributed by atoms with Crippen molar-refractivity contribution in [3.8, 4) is 16.9 Å². The number of ether oxygens (including phenoxy) is 2. The number of likely N-dealkylation sites (N-methyl/N-ethyl adjacent to an activating group) is 1. The maximum atomic E-state index is 14.5. The Morgan fingerprint density at radius 3 is 2.44 bits per heavy atom. The van der Waals surface area contributed by atoms with E-state index in [9.17, 15) is 18.3 Å². The predicted molar refractivity (Wildman–Crippen MR) is 166 cm³/mol. The highest BCUT2D eigenvalue weighted by Crippen LogP contribution is 2.38. The lowest BCUT2D eigenvalue weighted by molar-refractivity contribution is -0.0147. The first-order chi connectivity index (χ1) is 20.6. The van der Waals surface area contributed by atoms with Crippen LogP contribution in [0.5, 0.6) is 5.75 Å². The molecular formula is C33H39N3O6S. The minimum Gasteiger partial charge on any atom is -0.497 e. The van der Waals surface area contributed by atoms with Gasteiger partial charge in [0.2, 0.25) is 10.0 Å². The molecule has 0 unspecified atom stereocenters. The normalized spacial score (nSPS) is 18.7. The number of hydrogen-bond donors (Lipinski definition) is 1. The lowest BCUT2D eigenvalue weighted by Gasteiger charge is -2.35. The number of carbonyl (C=O) groups excluding carboxylic acids is 1. The average Bonchev–Trinajstić information content (AvgIpc) is 3.31. The minimum absolute atomic E-state index is 0.0725. The number of fused-ring (bicyclic) bond motifs is 5. The second-order valence-electron chi connectivity index (χ2n) is 11.2. The average molecular weight is 606 g/mol. The van der Waals surface area contributed by atoms with Gasteiger partial charge in [-0.15, -0.1) is 0 Å². The number of aliphatic hydroxyl groups excluding tert-OH is 1. The van der Waals surface area contributed by atoms with Crippen LogP contribution in [-0.4, -0.2) is 79.2 Å². The molecule has 1 aliphatic rings. The number of sulfonamides is 1. The number of aromatic nitrogens is 1. The van der Waals surface area contributed by atoms with E-state index in [1.807, 2.05) is 74.0 Å². The zero-order valence-electron chi connectivity index (χ0n) is 25.2. The summed E-state index contributed by atoms with van der Waals surface area (Å²) in [6.07, 6.45) is -0.551. The van der Waals surface area contributed by atoms with E-state index in [0.29, 0.717) is 11.4 Å². The summed E-state index contributed by atoms with van der Waals surface area (Å²) in [6.45, 7) is 4.12. The highest BCUT2D eigenvalue weighted by Gasteiger charge is 2.34. The van der Waals surface area contributed by atoms with Crippen molar-refractivity contribution in [2.45, 2.75) is 37.5 Å².